The Morgan fingerprint density at radius 2 is 1.29 bits per heavy atom. The SMILES string of the molecule is CC(C)NCC(CCl)OC(=O)C(OC(=O)c1ccccc1)C(OC(=O)c1ccccc1)C(=O)O. The van der Waals surface area contributed by atoms with Crippen LogP contribution < -0.4 is 5.32 Å². The van der Waals surface area contributed by atoms with Crippen LogP contribution in [0.2, 0.25) is 0 Å². The van der Waals surface area contributed by atoms with Crippen molar-refractivity contribution in [3.8, 4) is 0 Å². The van der Waals surface area contributed by atoms with Crippen molar-refractivity contribution >= 4 is 35.5 Å². The van der Waals surface area contributed by atoms with Crippen LogP contribution in [0.5, 0.6) is 0 Å². The van der Waals surface area contributed by atoms with E-state index in [4.69, 9.17) is 25.8 Å². The Bertz CT molecular complexity index is 967. The lowest BCUT2D eigenvalue weighted by Gasteiger charge is -2.25. The summed E-state index contributed by atoms with van der Waals surface area (Å²) in [7, 11) is 0. The van der Waals surface area contributed by atoms with Crippen LogP contribution in [0.1, 0.15) is 34.6 Å². The number of carbonyl (C=O) groups excluding carboxylic acids is 3. The van der Waals surface area contributed by atoms with Crippen LogP contribution >= 0.6 is 11.6 Å². The van der Waals surface area contributed by atoms with Gasteiger partial charge in [-0.05, 0) is 24.3 Å². The highest BCUT2D eigenvalue weighted by molar-refractivity contribution is 6.18. The molecule has 0 heterocycles. The monoisotopic (exact) mass is 491 g/mol. The summed E-state index contributed by atoms with van der Waals surface area (Å²) in [6, 6.07) is 15.3. The highest BCUT2D eigenvalue weighted by atomic mass is 35.5. The summed E-state index contributed by atoms with van der Waals surface area (Å²) in [5.41, 5.74) is 0.115. The lowest BCUT2D eigenvalue weighted by molar-refractivity contribution is -0.173. The molecule has 0 amide bonds. The van der Waals surface area contributed by atoms with Gasteiger partial charge in [-0.15, -0.1) is 11.6 Å². The summed E-state index contributed by atoms with van der Waals surface area (Å²) >= 11 is 5.88. The third-order valence-electron chi connectivity index (χ3n) is 4.45. The highest BCUT2D eigenvalue weighted by Gasteiger charge is 2.42. The number of carboxylic acid groups (broad SMARTS) is 1. The second-order valence-corrected chi connectivity index (χ2v) is 7.81. The van der Waals surface area contributed by atoms with Crippen LogP contribution in [-0.4, -0.2) is 65.8 Å². The lowest BCUT2D eigenvalue weighted by Crippen LogP contribution is -2.48. The van der Waals surface area contributed by atoms with Crippen molar-refractivity contribution in [3.05, 3.63) is 71.8 Å². The molecule has 3 atom stereocenters. The van der Waals surface area contributed by atoms with Gasteiger partial charge in [-0.2, -0.15) is 0 Å². The van der Waals surface area contributed by atoms with E-state index in [9.17, 15) is 24.3 Å². The van der Waals surface area contributed by atoms with Crippen LogP contribution in [0.4, 0.5) is 0 Å². The van der Waals surface area contributed by atoms with E-state index < -0.39 is 42.2 Å². The number of aliphatic carboxylic acids is 1. The fourth-order valence-corrected chi connectivity index (χ4v) is 2.89. The number of alkyl halides is 1. The smallest absolute Gasteiger partial charge is 0.352 e. The molecule has 0 saturated carbocycles. The maximum Gasteiger partial charge on any atom is 0.352 e. The maximum atomic E-state index is 12.9. The van der Waals surface area contributed by atoms with Crippen molar-refractivity contribution < 1.29 is 38.5 Å². The number of carbonyl (C=O) groups is 4. The van der Waals surface area contributed by atoms with Gasteiger partial charge in [-0.25, -0.2) is 19.2 Å². The Kier molecular flexibility index (Phi) is 10.5. The van der Waals surface area contributed by atoms with E-state index in [2.05, 4.69) is 5.32 Å². The molecular weight excluding hydrogens is 466 g/mol. The standard InChI is InChI=1S/C24H26ClNO8/c1-15(2)26-14-18(13-25)32-24(31)20(34-23(30)17-11-7-4-8-12-17)19(21(27)28)33-22(29)16-9-5-3-6-10-16/h3-12,15,18-20,26H,13-14H2,1-2H3,(H,27,28). The first-order valence-electron chi connectivity index (χ1n) is 10.5. The van der Waals surface area contributed by atoms with Gasteiger partial charge in [0.05, 0.1) is 17.0 Å². The molecule has 2 aromatic carbocycles. The van der Waals surface area contributed by atoms with Crippen molar-refractivity contribution in [2.45, 2.75) is 38.2 Å². The van der Waals surface area contributed by atoms with Gasteiger partial charge in [-0.3, -0.25) is 0 Å². The molecule has 9 nitrogen and oxygen atoms in total. The number of benzene rings is 2. The van der Waals surface area contributed by atoms with Crippen molar-refractivity contribution in [1.82, 2.24) is 5.32 Å². The maximum absolute atomic E-state index is 12.9. The molecule has 0 radical (unpaired) electrons. The molecular formula is C24H26ClNO8. The van der Waals surface area contributed by atoms with Gasteiger partial charge in [0.25, 0.3) is 0 Å². The van der Waals surface area contributed by atoms with Gasteiger partial charge in [-0.1, -0.05) is 50.2 Å². The number of esters is 3. The third-order valence-corrected chi connectivity index (χ3v) is 4.79. The third kappa shape index (κ3) is 8.17. The Balaban J connectivity index is 2.30. The Labute approximate surface area is 202 Å². The second kappa shape index (κ2) is 13.3. The Hall–Kier alpha value is -3.43. The van der Waals surface area contributed by atoms with Crippen LogP contribution in [0.15, 0.2) is 60.7 Å². The molecule has 0 aliphatic rings. The van der Waals surface area contributed by atoms with Crippen LogP contribution in [0.3, 0.4) is 0 Å². The summed E-state index contributed by atoms with van der Waals surface area (Å²) in [4.78, 5) is 50.0. The lowest BCUT2D eigenvalue weighted by atomic mass is 10.1. The normalized spacial score (nSPS) is 13.4. The molecule has 34 heavy (non-hydrogen) atoms. The molecule has 0 aliphatic heterocycles. The molecule has 0 bridgehead atoms. The zero-order valence-corrected chi connectivity index (χ0v) is 19.4. The van der Waals surface area contributed by atoms with Crippen LogP contribution in [0, 0.1) is 0 Å². The van der Waals surface area contributed by atoms with E-state index in [1.165, 1.54) is 24.3 Å². The van der Waals surface area contributed by atoms with E-state index >= 15 is 0 Å². The Morgan fingerprint density at radius 1 is 0.824 bits per heavy atom. The van der Waals surface area contributed by atoms with Gasteiger partial charge in [0.2, 0.25) is 12.2 Å². The fourth-order valence-electron chi connectivity index (χ4n) is 2.72. The first kappa shape index (κ1) is 26.8. The molecule has 182 valence electrons. The van der Waals surface area contributed by atoms with Gasteiger partial charge in [0, 0.05) is 12.6 Å². The zero-order valence-electron chi connectivity index (χ0n) is 18.7. The van der Waals surface area contributed by atoms with Crippen molar-refractivity contribution in [1.29, 1.82) is 0 Å². The first-order valence-corrected chi connectivity index (χ1v) is 11.0. The van der Waals surface area contributed by atoms with E-state index in [1.807, 2.05) is 13.8 Å². The largest absolute Gasteiger partial charge is 0.478 e. The summed E-state index contributed by atoms with van der Waals surface area (Å²) < 4.78 is 15.6. The number of nitrogens with one attached hydrogen (secondary N) is 1. The molecule has 0 aromatic heterocycles. The van der Waals surface area contributed by atoms with E-state index in [-0.39, 0.29) is 29.6 Å². The molecule has 0 spiro atoms. The van der Waals surface area contributed by atoms with E-state index in [0.29, 0.717) is 0 Å². The number of halogens is 1. The minimum atomic E-state index is -2.16. The minimum absolute atomic E-state index is 0.0509. The highest BCUT2D eigenvalue weighted by Crippen LogP contribution is 2.15. The first-order chi connectivity index (χ1) is 16.2. The van der Waals surface area contributed by atoms with E-state index in [0.717, 1.165) is 0 Å². The number of ether oxygens (including phenoxy) is 3. The molecule has 2 aromatic rings. The second-order valence-electron chi connectivity index (χ2n) is 7.50. The molecule has 0 fully saturated rings. The minimum Gasteiger partial charge on any atom is -0.478 e. The average Bonchev–Trinajstić information content (AvgIpc) is 2.84. The molecule has 3 unspecified atom stereocenters. The van der Waals surface area contributed by atoms with Gasteiger partial charge < -0.3 is 24.6 Å². The quantitative estimate of drug-likeness (QED) is 0.261. The van der Waals surface area contributed by atoms with Gasteiger partial charge in [0.15, 0.2) is 0 Å². The van der Waals surface area contributed by atoms with Crippen molar-refractivity contribution in [2.75, 3.05) is 12.4 Å². The van der Waals surface area contributed by atoms with Gasteiger partial charge in [0.1, 0.15) is 6.10 Å². The number of hydrogen-bond donors (Lipinski definition) is 2. The van der Waals surface area contributed by atoms with Gasteiger partial charge >= 0.3 is 23.9 Å². The van der Waals surface area contributed by atoms with Crippen LogP contribution in [-0.2, 0) is 23.8 Å². The topological polar surface area (TPSA) is 128 Å². The van der Waals surface area contributed by atoms with Crippen molar-refractivity contribution in [2.24, 2.45) is 0 Å². The van der Waals surface area contributed by atoms with Crippen molar-refractivity contribution in [3.63, 3.8) is 0 Å². The predicted octanol–water partition coefficient (Wildman–Crippen LogP) is 2.67. The average molecular weight is 492 g/mol. The summed E-state index contributed by atoms with van der Waals surface area (Å²) in [6.07, 6.45) is -5.10. The van der Waals surface area contributed by atoms with Crippen LogP contribution in [0.25, 0.3) is 0 Å². The molecule has 0 aliphatic carbocycles. The summed E-state index contributed by atoms with van der Waals surface area (Å²) in [5, 5.41) is 12.8. The molecule has 0 saturated heterocycles. The Morgan fingerprint density at radius 3 is 1.71 bits per heavy atom. The summed E-state index contributed by atoms with van der Waals surface area (Å²) in [5.74, 6) is -5.03. The zero-order chi connectivity index (χ0) is 25.1. The number of hydrogen-bond acceptors (Lipinski definition) is 8. The molecule has 2 rings (SSSR count). The summed E-state index contributed by atoms with van der Waals surface area (Å²) in [6.45, 7) is 3.93. The number of carboxylic acids is 1. The number of rotatable bonds is 12. The van der Waals surface area contributed by atoms with E-state index in [1.54, 1.807) is 36.4 Å². The molecule has 2 N–H and O–H groups in total. The fraction of sp³-hybridized carbons (Fsp3) is 0.333. The predicted molar refractivity (Wildman–Crippen MR) is 123 cm³/mol. The molecule has 10 heteroatoms.